The first-order valence-electron chi connectivity index (χ1n) is 9.90. The zero-order valence-electron chi connectivity index (χ0n) is 18.4. The summed E-state index contributed by atoms with van der Waals surface area (Å²) in [5.41, 5.74) is 1.31. The molecular weight excluding hydrogens is 614 g/mol. The third kappa shape index (κ3) is 8.49. The van der Waals surface area contributed by atoms with E-state index in [9.17, 15) is 25.9 Å². The molecule has 0 heterocycles. The summed E-state index contributed by atoms with van der Waals surface area (Å²) in [5, 5.41) is 0. The summed E-state index contributed by atoms with van der Waals surface area (Å²) >= 11 is 0. The first-order valence-corrected chi connectivity index (χ1v) is 12.6. The standard InChI is InChI=1S/2C12H11NO3S.Ba/c2*14-17(15,16)13(11-7-3-1-4-8-11)12-9-5-2-6-10-12;/h2*1-10H,(H,14,15,16);/q;;+2/p-2. The third-order valence-electron chi connectivity index (χ3n) is 4.41. The second-order valence-corrected chi connectivity index (χ2v) is 9.23. The summed E-state index contributed by atoms with van der Waals surface area (Å²) in [6.45, 7) is 0. The fourth-order valence-corrected chi connectivity index (χ4v) is 4.59. The van der Waals surface area contributed by atoms with Gasteiger partial charge in [0, 0.05) is 0 Å². The molecule has 0 fully saturated rings. The van der Waals surface area contributed by atoms with Crippen LogP contribution in [-0.4, -0.2) is 74.8 Å². The average Bonchev–Trinajstić information content (AvgIpc) is 2.81. The summed E-state index contributed by atoms with van der Waals surface area (Å²) in [6, 6.07) is 33.0. The van der Waals surface area contributed by atoms with Gasteiger partial charge < -0.3 is 9.11 Å². The molecule has 11 heteroatoms. The summed E-state index contributed by atoms with van der Waals surface area (Å²) in [7, 11) is -9.18. The smallest absolute Gasteiger partial charge is 0.731 e. The Morgan fingerprint density at radius 2 is 0.571 bits per heavy atom. The van der Waals surface area contributed by atoms with E-state index in [0.717, 1.165) is 8.61 Å². The number of hydrogen-bond acceptors (Lipinski definition) is 6. The topological polar surface area (TPSA) is 121 Å². The Morgan fingerprint density at radius 3 is 0.714 bits per heavy atom. The fourth-order valence-electron chi connectivity index (χ4n) is 3.07. The molecule has 0 bridgehead atoms. The van der Waals surface area contributed by atoms with E-state index < -0.39 is 20.6 Å². The molecule has 0 aromatic heterocycles. The molecular formula is C24H20BaN2O6S2. The normalized spacial score (nSPS) is 10.8. The van der Waals surface area contributed by atoms with Crippen molar-refractivity contribution >= 4 is 92.2 Å². The van der Waals surface area contributed by atoms with Gasteiger partial charge in [0.1, 0.15) is 0 Å². The van der Waals surface area contributed by atoms with Crippen LogP contribution in [-0.2, 0) is 20.6 Å². The molecule has 0 unspecified atom stereocenters. The molecule has 0 radical (unpaired) electrons. The van der Waals surface area contributed by atoms with Crippen LogP contribution in [0.15, 0.2) is 121 Å². The predicted molar refractivity (Wildman–Crippen MR) is 135 cm³/mol. The van der Waals surface area contributed by atoms with Crippen molar-refractivity contribution in [2.24, 2.45) is 0 Å². The minimum absolute atomic E-state index is 0. The second kappa shape index (κ2) is 13.3. The molecule has 0 aliphatic heterocycles. The van der Waals surface area contributed by atoms with Gasteiger partial charge in [-0.1, -0.05) is 72.8 Å². The zero-order valence-corrected chi connectivity index (χ0v) is 24.5. The molecule has 35 heavy (non-hydrogen) atoms. The summed E-state index contributed by atoms with van der Waals surface area (Å²) in [6.07, 6.45) is 0. The van der Waals surface area contributed by atoms with Crippen molar-refractivity contribution in [1.82, 2.24) is 0 Å². The van der Waals surface area contributed by atoms with Gasteiger partial charge in [-0.2, -0.15) is 0 Å². The van der Waals surface area contributed by atoms with Crippen LogP contribution in [0.1, 0.15) is 0 Å². The molecule has 176 valence electrons. The van der Waals surface area contributed by atoms with E-state index in [1.165, 1.54) is 0 Å². The van der Waals surface area contributed by atoms with Crippen LogP contribution in [0.25, 0.3) is 0 Å². The molecule has 0 aliphatic rings. The molecule has 0 amide bonds. The maximum Gasteiger partial charge on any atom is 2.00 e. The quantitative estimate of drug-likeness (QED) is 0.232. The largest absolute Gasteiger partial charge is 2.00 e. The number of anilines is 4. The minimum Gasteiger partial charge on any atom is -0.731 e. The summed E-state index contributed by atoms with van der Waals surface area (Å²) in [4.78, 5) is 0. The minimum atomic E-state index is -4.59. The Balaban J connectivity index is 0.000000240. The molecule has 0 N–H and O–H groups in total. The fraction of sp³-hybridized carbons (Fsp3) is 0. The molecule has 4 rings (SSSR count). The molecule has 8 nitrogen and oxygen atoms in total. The van der Waals surface area contributed by atoms with Gasteiger partial charge in [0.15, 0.2) is 20.6 Å². The molecule has 0 spiro atoms. The van der Waals surface area contributed by atoms with Crippen molar-refractivity contribution in [2.45, 2.75) is 0 Å². The van der Waals surface area contributed by atoms with Gasteiger partial charge in [-0.3, -0.25) is 0 Å². The average molecular weight is 634 g/mol. The molecule has 0 saturated heterocycles. The Labute approximate surface area is 245 Å². The van der Waals surface area contributed by atoms with Gasteiger partial charge in [-0.05, 0) is 48.5 Å². The predicted octanol–water partition coefficient (Wildman–Crippen LogP) is 4.19. The van der Waals surface area contributed by atoms with E-state index in [4.69, 9.17) is 0 Å². The van der Waals surface area contributed by atoms with Gasteiger partial charge in [0.2, 0.25) is 0 Å². The van der Waals surface area contributed by atoms with Gasteiger partial charge in [-0.15, -0.1) is 0 Å². The third-order valence-corrected chi connectivity index (χ3v) is 6.15. The number of para-hydroxylation sites is 4. The van der Waals surface area contributed by atoms with Crippen LogP contribution >= 0.6 is 0 Å². The van der Waals surface area contributed by atoms with Crippen LogP contribution in [0.5, 0.6) is 0 Å². The summed E-state index contributed by atoms with van der Waals surface area (Å²) < 4.78 is 69.4. The monoisotopic (exact) mass is 634 g/mol. The number of rotatable bonds is 6. The van der Waals surface area contributed by atoms with Crippen molar-refractivity contribution in [3.63, 3.8) is 0 Å². The SMILES string of the molecule is O=S(=O)([O-])N(c1ccccc1)c1ccccc1.O=S(=O)([O-])N(c1ccccc1)c1ccccc1.[Ba+2]. The first-order chi connectivity index (χ1) is 16.2. The van der Waals surface area contributed by atoms with Gasteiger partial charge in [0.05, 0.1) is 22.7 Å². The van der Waals surface area contributed by atoms with Crippen LogP contribution in [0.2, 0.25) is 0 Å². The van der Waals surface area contributed by atoms with Crippen molar-refractivity contribution in [2.75, 3.05) is 8.61 Å². The number of hydrogen-bond donors (Lipinski definition) is 0. The molecule has 0 saturated carbocycles. The van der Waals surface area contributed by atoms with Gasteiger partial charge in [0.25, 0.3) is 0 Å². The molecule has 0 atom stereocenters. The van der Waals surface area contributed by atoms with E-state index in [1.54, 1.807) is 121 Å². The van der Waals surface area contributed by atoms with Crippen molar-refractivity contribution < 1.29 is 25.9 Å². The van der Waals surface area contributed by atoms with Crippen LogP contribution in [0.3, 0.4) is 0 Å². The Hall–Kier alpha value is -2.13. The molecule has 0 aliphatic carbocycles. The van der Waals surface area contributed by atoms with Gasteiger partial charge in [-0.25, -0.2) is 25.4 Å². The van der Waals surface area contributed by atoms with Crippen molar-refractivity contribution in [3.05, 3.63) is 121 Å². The van der Waals surface area contributed by atoms with E-state index in [-0.39, 0.29) is 48.9 Å². The van der Waals surface area contributed by atoms with Crippen LogP contribution < -0.4 is 8.61 Å². The number of nitrogens with zero attached hydrogens (tertiary/aromatic N) is 2. The maximum absolute atomic E-state index is 11.3. The van der Waals surface area contributed by atoms with E-state index >= 15 is 0 Å². The van der Waals surface area contributed by atoms with Crippen molar-refractivity contribution in [3.8, 4) is 0 Å². The second-order valence-electron chi connectivity index (χ2n) is 6.79. The number of benzene rings is 4. The van der Waals surface area contributed by atoms with Crippen LogP contribution in [0, 0.1) is 0 Å². The maximum atomic E-state index is 11.3. The van der Waals surface area contributed by atoms with Crippen molar-refractivity contribution in [1.29, 1.82) is 0 Å². The van der Waals surface area contributed by atoms with E-state index in [1.807, 2.05) is 0 Å². The van der Waals surface area contributed by atoms with Crippen LogP contribution in [0.4, 0.5) is 22.7 Å². The molecule has 4 aromatic rings. The Morgan fingerprint density at radius 1 is 0.400 bits per heavy atom. The summed E-state index contributed by atoms with van der Waals surface area (Å²) in [5.74, 6) is 0. The Bertz CT molecular complexity index is 1200. The Kier molecular flexibility index (Phi) is 11.0. The van der Waals surface area contributed by atoms with E-state index in [0.29, 0.717) is 22.7 Å². The molecule has 4 aromatic carbocycles. The van der Waals surface area contributed by atoms with E-state index in [2.05, 4.69) is 0 Å². The van der Waals surface area contributed by atoms with Gasteiger partial charge >= 0.3 is 48.9 Å². The first kappa shape index (κ1) is 29.1. The zero-order chi connectivity index (χ0) is 24.6.